The van der Waals surface area contributed by atoms with E-state index >= 15 is 0 Å². The van der Waals surface area contributed by atoms with Gasteiger partial charge in [-0.2, -0.15) is 5.26 Å². The summed E-state index contributed by atoms with van der Waals surface area (Å²) in [5.74, 6) is -0.499. The van der Waals surface area contributed by atoms with E-state index in [1.807, 2.05) is 67.8 Å². The summed E-state index contributed by atoms with van der Waals surface area (Å²) in [6.45, 7) is 3.79. The van der Waals surface area contributed by atoms with E-state index in [4.69, 9.17) is 4.99 Å². The molecule has 0 radical (unpaired) electrons. The van der Waals surface area contributed by atoms with Crippen LogP contribution in [0.2, 0.25) is 0 Å². The normalized spacial score (nSPS) is 19.6. The molecule has 1 aromatic heterocycles. The number of nitriles is 1. The lowest BCUT2D eigenvalue weighted by molar-refractivity contribution is -0.118. The second-order valence-electron chi connectivity index (χ2n) is 10.5. The van der Waals surface area contributed by atoms with Gasteiger partial charge in [0.05, 0.1) is 23.3 Å². The molecule has 1 saturated carbocycles. The van der Waals surface area contributed by atoms with E-state index in [1.165, 1.54) is 60.8 Å². The highest BCUT2D eigenvalue weighted by Crippen LogP contribution is 2.44. The average Bonchev–Trinajstić information content (AvgIpc) is 3.52. The Bertz CT molecular complexity index is 1480. The predicted molar refractivity (Wildman–Crippen MR) is 165 cm³/mol. The minimum atomic E-state index is -0.625. The van der Waals surface area contributed by atoms with Crippen molar-refractivity contribution in [2.45, 2.75) is 57.8 Å². The van der Waals surface area contributed by atoms with Crippen molar-refractivity contribution in [1.29, 1.82) is 5.26 Å². The van der Waals surface area contributed by atoms with Crippen LogP contribution < -0.4 is 5.32 Å². The molecule has 7 heteroatoms. The summed E-state index contributed by atoms with van der Waals surface area (Å²) in [7, 11) is 0. The number of anilines is 1. The van der Waals surface area contributed by atoms with Crippen LogP contribution in [0.1, 0.15) is 77.2 Å². The summed E-state index contributed by atoms with van der Waals surface area (Å²) >= 11 is 2.80. The maximum atomic E-state index is 13.6. The maximum Gasteiger partial charge on any atom is 0.234 e. The molecule has 2 aliphatic rings. The Hall–Kier alpha value is -3.47. The fraction of sp³-hybridized carbons (Fsp3) is 0.333. The number of Topliss-reactive ketones (excluding diaryl/α,β-unsaturated/α-hetero) is 1. The zero-order valence-electron chi connectivity index (χ0n) is 22.9. The molecule has 5 rings (SSSR count). The number of amides is 1. The molecule has 1 amide bonds. The quantitative estimate of drug-likeness (QED) is 0.278. The zero-order valence-corrected chi connectivity index (χ0v) is 24.5. The number of hydrogen-bond donors (Lipinski definition) is 1. The standard InChI is InChI=1S/C33H33N3O2S2/c1-21-9-6-7-12-27(21)36-32(38)30-22(2)35-33(26(19-34)31(30)29-13-8-18-39-29)40-20-28(37)25-16-14-24(15-17-25)23-10-4-3-5-11-23/h6-9,12-18,23,30-31H,3-5,10-11,20H2,1-2H3,(H,36,38)/t30?,31-/m1/s1. The molecule has 1 aliphatic carbocycles. The first-order valence-electron chi connectivity index (χ1n) is 13.8. The molecule has 1 N–H and O–H groups in total. The minimum Gasteiger partial charge on any atom is -0.325 e. The summed E-state index contributed by atoms with van der Waals surface area (Å²) in [5, 5.41) is 15.8. The molecule has 2 aromatic carbocycles. The summed E-state index contributed by atoms with van der Waals surface area (Å²) in [4.78, 5) is 32.4. The van der Waals surface area contributed by atoms with Gasteiger partial charge in [-0.25, -0.2) is 4.99 Å². The first kappa shape index (κ1) is 28.1. The van der Waals surface area contributed by atoms with Crippen LogP contribution in [0.5, 0.6) is 0 Å². The summed E-state index contributed by atoms with van der Waals surface area (Å²) < 4.78 is 0. The third-order valence-electron chi connectivity index (χ3n) is 7.91. The van der Waals surface area contributed by atoms with Gasteiger partial charge in [-0.15, -0.1) is 11.3 Å². The highest BCUT2D eigenvalue weighted by molar-refractivity contribution is 8.03. The third-order valence-corrected chi connectivity index (χ3v) is 9.85. The molecular weight excluding hydrogens is 535 g/mol. The van der Waals surface area contributed by atoms with Gasteiger partial charge >= 0.3 is 0 Å². The lowest BCUT2D eigenvalue weighted by atomic mass is 9.80. The van der Waals surface area contributed by atoms with E-state index in [0.717, 1.165) is 16.1 Å². The molecule has 0 bridgehead atoms. The number of para-hydroxylation sites is 1. The lowest BCUT2D eigenvalue weighted by Gasteiger charge is -2.30. The van der Waals surface area contributed by atoms with Crippen molar-refractivity contribution in [3.8, 4) is 6.07 Å². The number of aliphatic imine (C=N–C) groups is 1. The van der Waals surface area contributed by atoms with E-state index in [-0.39, 0.29) is 17.4 Å². The van der Waals surface area contributed by atoms with E-state index in [0.29, 0.717) is 27.8 Å². The topological polar surface area (TPSA) is 82.3 Å². The van der Waals surface area contributed by atoms with Crippen molar-refractivity contribution in [2.75, 3.05) is 11.1 Å². The number of allylic oxidation sites excluding steroid dienone is 1. The number of carbonyl (C=O) groups excluding carboxylic acids is 2. The van der Waals surface area contributed by atoms with Crippen LogP contribution in [0.25, 0.3) is 0 Å². The first-order chi connectivity index (χ1) is 19.5. The highest BCUT2D eigenvalue weighted by atomic mass is 32.2. The number of nitrogens with one attached hydrogen (secondary N) is 1. The molecular formula is C33H33N3O2S2. The van der Waals surface area contributed by atoms with E-state index in [2.05, 4.69) is 23.5 Å². The number of thioether (sulfide) groups is 1. The van der Waals surface area contributed by atoms with E-state index in [1.54, 1.807) is 0 Å². The molecule has 1 fully saturated rings. The Morgan fingerprint density at radius 3 is 2.45 bits per heavy atom. The van der Waals surface area contributed by atoms with E-state index in [9.17, 15) is 14.9 Å². The van der Waals surface area contributed by atoms with Crippen LogP contribution in [-0.2, 0) is 4.79 Å². The van der Waals surface area contributed by atoms with Gasteiger partial charge in [0.25, 0.3) is 0 Å². The van der Waals surface area contributed by atoms with Crippen LogP contribution in [0.3, 0.4) is 0 Å². The van der Waals surface area contributed by atoms with Crippen molar-refractivity contribution in [1.82, 2.24) is 0 Å². The summed E-state index contributed by atoms with van der Waals surface area (Å²) in [6, 6.07) is 21.9. The SMILES string of the molecule is CC1=NC(SCC(=O)c2ccc(C3CCCCC3)cc2)=C(C#N)[C@H](c2cccs2)C1C(=O)Nc1ccccc1C. The lowest BCUT2D eigenvalue weighted by Crippen LogP contribution is -2.36. The fourth-order valence-corrected chi connectivity index (χ4v) is 7.54. The van der Waals surface area contributed by atoms with Gasteiger partial charge in [-0.05, 0) is 61.2 Å². The predicted octanol–water partition coefficient (Wildman–Crippen LogP) is 8.27. The summed E-state index contributed by atoms with van der Waals surface area (Å²) in [6.07, 6.45) is 6.32. The molecule has 2 atom stereocenters. The van der Waals surface area contributed by atoms with Gasteiger partial charge in [0.1, 0.15) is 5.03 Å². The molecule has 1 aliphatic heterocycles. The van der Waals surface area contributed by atoms with Crippen LogP contribution in [0.4, 0.5) is 5.69 Å². The second kappa shape index (κ2) is 12.8. The molecule has 3 aromatic rings. The Balaban J connectivity index is 1.35. The monoisotopic (exact) mass is 567 g/mol. The number of thiophene rings is 1. The number of nitrogens with zero attached hydrogens (tertiary/aromatic N) is 2. The van der Waals surface area contributed by atoms with Gasteiger partial charge in [0.15, 0.2) is 5.78 Å². The number of hydrogen-bond acceptors (Lipinski definition) is 6. The first-order valence-corrected chi connectivity index (χ1v) is 15.7. The number of carbonyl (C=O) groups is 2. The zero-order chi connectivity index (χ0) is 28.1. The van der Waals surface area contributed by atoms with Gasteiger partial charge < -0.3 is 5.32 Å². The van der Waals surface area contributed by atoms with Gasteiger partial charge in [0, 0.05) is 27.8 Å². The van der Waals surface area contributed by atoms with Gasteiger partial charge in [0.2, 0.25) is 5.91 Å². The third kappa shape index (κ3) is 6.14. The van der Waals surface area contributed by atoms with Gasteiger partial charge in [-0.3, -0.25) is 9.59 Å². The highest BCUT2D eigenvalue weighted by Gasteiger charge is 2.40. The van der Waals surface area contributed by atoms with Crippen molar-refractivity contribution >= 4 is 46.2 Å². The molecule has 2 heterocycles. The fourth-order valence-electron chi connectivity index (χ4n) is 5.69. The maximum absolute atomic E-state index is 13.6. The van der Waals surface area contributed by atoms with Crippen LogP contribution >= 0.6 is 23.1 Å². The van der Waals surface area contributed by atoms with Crippen LogP contribution in [0.15, 0.2) is 81.6 Å². The molecule has 204 valence electrons. The Labute approximate surface area is 244 Å². The number of benzene rings is 2. The second-order valence-corrected chi connectivity index (χ2v) is 12.5. The Morgan fingerprint density at radius 2 is 1.77 bits per heavy atom. The Morgan fingerprint density at radius 1 is 1.02 bits per heavy atom. The molecule has 0 saturated heterocycles. The number of rotatable bonds is 8. The minimum absolute atomic E-state index is 0.00456. The molecule has 0 spiro atoms. The van der Waals surface area contributed by atoms with E-state index < -0.39 is 11.8 Å². The number of aryl methyl sites for hydroxylation is 1. The smallest absolute Gasteiger partial charge is 0.234 e. The summed E-state index contributed by atoms with van der Waals surface area (Å²) in [5.41, 5.74) is 4.77. The Kier molecular flexibility index (Phi) is 8.98. The largest absolute Gasteiger partial charge is 0.325 e. The van der Waals surface area contributed by atoms with Crippen molar-refractivity contribution in [3.63, 3.8) is 0 Å². The van der Waals surface area contributed by atoms with Gasteiger partial charge in [-0.1, -0.05) is 79.6 Å². The molecule has 5 nitrogen and oxygen atoms in total. The van der Waals surface area contributed by atoms with Crippen molar-refractivity contribution in [3.05, 3.63) is 98.2 Å². The molecule has 40 heavy (non-hydrogen) atoms. The average molecular weight is 568 g/mol. The van der Waals surface area contributed by atoms with Crippen molar-refractivity contribution in [2.24, 2.45) is 10.9 Å². The number of ketones is 1. The van der Waals surface area contributed by atoms with Crippen molar-refractivity contribution < 1.29 is 9.59 Å². The molecule has 1 unspecified atom stereocenters. The van der Waals surface area contributed by atoms with Crippen LogP contribution in [-0.4, -0.2) is 23.2 Å². The van der Waals surface area contributed by atoms with Crippen LogP contribution in [0, 0.1) is 24.2 Å².